The summed E-state index contributed by atoms with van der Waals surface area (Å²) in [6.07, 6.45) is 3.83. The molecule has 1 aliphatic rings. The highest BCUT2D eigenvalue weighted by Crippen LogP contribution is 2.25. The Balaban J connectivity index is 2.11. The number of nitrogens with zero attached hydrogens (tertiary/aromatic N) is 1. The highest BCUT2D eigenvalue weighted by atomic mass is 19.1. The molecule has 20 heavy (non-hydrogen) atoms. The van der Waals surface area contributed by atoms with E-state index >= 15 is 0 Å². The number of carbonyl (C=O) groups excluding carboxylic acids is 1. The Hall–Kier alpha value is -1.62. The van der Waals surface area contributed by atoms with Crippen LogP contribution >= 0.6 is 0 Å². The zero-order valence-electron chi connectivity index (χ0n) is 11.8. The van der Waals surface area contributed by atoms with Crippen LogP contribution in [0.5, 0.6) is 5.75 Å². The lowest BCUT2D eigenvalue weighted by atomic mass is 10.1. The molecule has 1 fully saturated rings. The minimum absolute atomic E-state index is 0.105. The average molecular weight is 280 g/mol. The minimum atomic E-state index is -0.504. The molecule has 1 aliphatic heterocycles. The van der Waals surface area contributed by atoms with Gasteiger partial charge in [-0.05, 0) is 50.4 Å². The molecule has 0 aliphatic carbocycles. The molecule has 1 unspecified atom stereocenters. The Morgan fingerprint density at radius 3 is 3.00 bits per heavy atom. The van der Waals surface area contributed by atoms with Crippen molar-refractivity contribution in [3.05, 3.63) is 29.6 Å². The molecule has 1 saturated heterocycles. The molecule has 0 radical (unpaired) electrons. The van der Waals surface area contributed by atoms with Crippen molar-refractivity contribution in [2.75, 3.05) is 20.2 Å². The molecule has 0 spiro atoms. The SMILES string of the molecule is COc1ccc(C(=O)N2CCCC2CCCN)cc1F. The topological polar surface area (TPSA) is 55.6 Å². The number of benzene rings is 1. The third kappa shape index (κ3) is 3.10. The van der Waals surface area contributed by atoms with Crippen molar-refractivity contribution in [3.63, 3.8) is 0 Å². The molecule has 1 aromatic carbocycles. The van der Waals surface area contributed by atoms with Gasteiger partial charge in [-0.3, -0.25) is 4.79 Å². The molecule has 5 heteroatoms. The highest BCUT2D eigenvalue weighted by molar-refractivity contribution is 5.94. The highest BCUT2D eigenvalue weighted by Gasteiger charge is 2.29. The number of nitrogens with two attached hydrogens (primary N) is 1. The van der Waals surface area contributed by atoms with Crippen LogP contribution in [0.25, 0.3) is 0 Å². The van der Waals surface area contributed by atoms with Gasteiger partial charge in [-0.2, -0.15) is 0 Å². The fourth-order valence-electron chi connectivity index (χ4n) is 2.72. The van der Waals surface area contributed by atoms with E-state index in [1.54, 1.807) is 6.07 Å². The number of amides is 1. The molecule has 1 aromatic rings. The lowest BCUT2D eigenvalue weighted by Gasteiger charge is -2.24. The van der Waals surface area contributed by atoms with Crippen LogP contribution in [0, 0.1) is 5.82 Å². The van der Waals surface area contributed by atoms with Gasteiger partial charge >= 0.3 is 0 Å². The van der Waals surface area contributed by atoms with E-state index in [-0.39, 0.29) is 17.7 Å². The molecule has 0 bridgehead atoms. The lowest BCUT2D eigenvalue weighted by molar-refractivity contribution is 0.0729. The zero-order chi connectivity index (χ0) is 14.5. The van der Waals surface area contributed by atoms with E-state index < -0.39 is 5.82 Å². The Labute approximate surface area is 118 Å². The number of ether oxygens (including phenoxy) is 1. The molecule has 1 atom stereocenters. The monoisotopic (exact) mass is 280 g/mol. The third-order valence-corrected chi connectivity index (χ3v) is 3.78. The molecule has 1 amide bonds. The first-order valence-corrected chi connectivity index (χ1v) is 7.02. The summed E-state index contributed by atoms with van der Waals surface area (Å²) in [6.45, 7) is 1.37. The van der Waals surface area contributed by atoms with Gasteiger partial charge in [0.1, 0.15) is 0 Å². The van der Waals surface area contributed by atoms with Gasteiger partial charge in [-0.25, -0.2) is 4.39 Å². The average Bonchev–Trinajstić information content (AvgIpc) is 2.92. The Morgan fingerprint density at radius 1 is 1.55 bits per heavy atom. The van der Waals surface area contributed by atoms with E-state index in [1.807, 2.05) is 4.90 Å². The van der Waals surface area contributed by atoms with Gasteiger partial charge in [0.15, 0.2) is 11.6 Å². The van der Waals surface area contributed by atoms with Crippen LogP contribution in [0.2, 0.25) is 0 Å². The van der Waals surface area contributed by atoms with Crippen molar-refractivity contribution in [1.29, 1.82) is 0 Å². The molecule has 0 saturated carbocycles. The predicted molar refractivity (Wildman–Crippen MR) is 75.3 cm³/mol. The summed E-state index contributed by atoms with van der Waals surface area (Å²) in [5.41, 5.74) is 5.90. The minimum Gasteiger partial charge on any atom is -0.494 e. The predicted octanol–water partition coefficient (Wildman–Crippen LogP) is 2.18. The van der Waals surface area contributed by atoms with E-state index in [0.717, 1.165) is 32.2 Å². The molecular formula is C15H21FN2O2. The third-order valence-electron chi connectivity index (χ3n) is 3.78. The maximum atomic E-state index is 13.7. The second-order valence-electron chi connectivity index (χ2n) is 5.07. The molecule has 0 aromatic heterocycles. The second kappa shape index (κ2) is 6.70. The first kappa shape index (κ1) is 14.8. The van der Waals surface area contributed by atoms with Gasteiger partial charge in [-0.1, -0.05) is 0 Å². The largest absolute Gasteiger partial charge is 0.494 e. The first-order valence-electron chi connectivity index (χ1n) is 7.02. The Bertz CT molecular complexity index is 479. The van der Waals surface area contributed by atoms with E-state index in [2.05, 4.69) is 0 Å². The number of rotatable bonds is 5. The summed E-state index contributed by atoms with van der Waals surface area (Å²) in [7, 11) is 1.41. The van der Waals surface area contributed by atoms with Crippen LogP contribution in [-0.4, -0.2) is 37.0 Å². The van der Waals surface area contributed by atoms with E-state index in [1.165, 1.54) is 19.2 Å². The molecule has 1 heterocycles. The van der Waals surface area contributed by atoms with Crippen LogP contribution in [0.3, 0.4) is 0 Å². The van der Waals surface area contributed by atoms with Crippen LogP contribution in [0.1, 0.15) is 36.0 Å². The maximum absolute atomic E-state index is 13.7. The summed E-state index contributed by atoms with van der Waals surface area (Å²) < 4.78 is 18.6. The standard InChI is InChI=1S/C15H21FN2O2/c1-20-14-7-6-11(10-13(14)16)15(19)18-9-3-5-12(18)4-2-8-17/h6-7,10,12H,2-5,8-9,17H2,1H3. The number of hydrogen-bond acceptors (Lipinski definition) is 3. The molecule has 2 N–H and O–H groups in total. The number of methoxy groups -OCH3 is 1. The summed E-state index contributed by atoms with van der Waals surface area (Å²) in [4.78, 5) is 14.3. The Kier molecular flexibility index (Phi) is 4.95. The quantitative estimate of drug-likeness (QED) is 0.899. The van der Waals surface area contributed by atoms with Crippen molar-refractivity contribution >= 4 is 5.91 Å². The van der Waals surface area contributed by atoms with Crippen molar-refractivity contribution in [2.24, 2.45) is 5.73 Å². The van der Waals surface area contributed by atoms with Gasteiger partial charge in [0.2, 0.25) is 0 Å². The zero-order valence-corrected chi connectivity index (χ0v) is 11.8. The maximum Gasteiger partial charge on any atom is 0.254 e. The van der Waals surface area contributed by atoms with Gasteiger partial charge < -0.3 is 15.4 Å². The fourth-order valence-corrected chi connectivity index (χ4v) is 2.72. The van der Waals surface area contributed by atoms with E-state index in [9.17, 15) is 9.18 Å². The van der Waals surface area contributed by atoms with Crippen LogP contribution in [0.15, 0.2) is 18.2 Å². The van der Waals surface area contributed by atoms with Crippen LogP contribution in [0.4, 0.5) is 4.39 Å². The van der Waals surface area contributed by atoms with Gasteiger partial charge in [0.05, 0.1) is 7.11 Å². The normalized spacial score (nSPS) is 18.4. The van der Waals surface area contributed by atoms with E-state index in [0.29, 0.717) is 12.1 Å². The molecule has 2 rings (SSSR count). The fraction of sp³-hybridized carbons (Fsp3) is 0.533. The molecule has 4 nitrogen and oxygen atoms in total. The number of carbonyl (C=O) groups is 1. The van der Waals surface area contributed by atoms with Crippen LogP contribution in [-0.2, 0) is 0 Å². The van der Waals surface area contributed by atoms with Crippen molar-refractivity contribution in [1.82, 2.24) is 4.90 Å². The van der Waals surface area contributed by atoms with E-state index in [4.69, 9.17) is 10.5 Å². The van der Waals surface area contributed by atoms with Gasteiger partial charge in [-0.15, -0.1) is 0 Å². The smallest absolute Gasteiger partial charge is 0.254 e. The van der Waals surface area contributed by atoms with Gasteiger partial charge in [0, 0.05) is 18.2 Å². The summed E-state index contributed by atoms with van der Waals surface area (Å²) >= 11 is 0. The number of hydrogen-bond donors (Lipinski definition) is 1. The van der Waals surface area contributed by atoms with Crippen molar-refractivity contribution in [3.8, 4) is 5.75 Å². The summed E-state index contributed by atoms with van der Waals surface area (Å²) in [5, 5.41) is 0. The summed E-state index contributed by atoms with van der Waals surface area (Å²) in [5.74, 6) is -0.454. The molecular weight excluding hydrogens is 259 g/mol. The first-order chi connectivity index (χ1) is 9.67. The number of halogens is 1. The molecule has 110 valence electrons. The Morgan fingerprint density at radius 2 is 2.35 bits per heavy atom. The second-order valence-corrected chi connectivity index (χ2v) is 5.07. The number of likely N-dealkylation sites (tertiary alicyclic amines) is 1. The summed E-state index contributed by atoms with van der Waals surface area (Å²) in [6, 6.07) is 4.59. The van der Waals surface area contributed by atoms with Crippen molar-refractivity contribution < 1.29 is 13.9 Å². The van der Waals surface area contributed by atoms with Crippen LogP contribution < -0.4 is 10.5 Å². The lowest BCUT2D eigenvalue weighted by Crippen LogP contribution is -2.35. The van der Waals surface area contributed by atoms with Crippen molar-refractivity contribution in [2.45, 2.75) is 31.7 Å². The van der Waals surface area contributed by atoms with Gasteiger partial charge in [0.25, 0.3) is 5.91 Å².